The van der Waals surface area contributed by atoms with Crippen molar-refractivity contribution in [3.8, 4) is 0 Å². The summed E-state index contributed by atoms with van der Waals surface area (Å²) in [5.41, 5.74) is 3.12. The second kappa shape index (κ2) is 8.81. The van der Waals surface area contributed by atoms with Gasteiger partial charge in [-0.15, -0.1) is 0 Å². The third-order valence-electron chi connectivity index (χ3n) is 4.55. The number of hydrazine groups is 1. The van der Waals surface area contributed by atoms with Gasteiger partial charge in [-0.1, -0.05) is 75.7 Å². The Balaban J connectivity index is 1.71. The normalized spacial score (nSPS) is 19.8. The molecule has 30 heavy (non-hydrogen) atoms. The fourth-order valence-electron chi connectivity index (χ4n) is 3.01. The number of amides is 1. The van der Waals surface area contributed by atoms with Crippen LogP contribution in [-0.4, -0.2) is 26.9 Å². The number of benzene rings is 3. The summed E-state index contributed by atoms with van der Waals surface area (Å²) in [4.78, 5) is 17.6. The van der Waals surface area contributed by atoms with Crippen molar-refractivity contribution in [1.29, 1.82) is 0 Å². The molecule has 0 bridgehead atoms. The van der Waals surface area contributed by atoms with Gasteiger partial charge in [-0.2, -0.15) is 0 Å². The number of halogens is 2. The van der Waals surface area contributed by atoms with Crippen LogP contribution in [0.3, 0.4) is 0 Å². The van der Waals surface area contributed by atoms with E-state index < -0.39 is 11.6 Å². The summed E-state index contributed by atoms with van der Waals surface area (Å²) in [6.07, 6.45) is 0. The van der Waals surface area contributed by atoms with E-state index >= 15 is 0 Å². The van der Waals surface area contributed by atoms with Crippen molar-refractivity contribution in [2.24, 2.45) is 4.99 Å². The van der Waals surface area contributed by atoms with E-state index in [0.717, 1.165) is 4.47 Å². The van der Waals surface area contributed by atoms with E-state index in [2.05, 4.69) is 26.3 Å². The topological polar surface area (TPSA) is 64.9 Å². The van der Waals surface area contributed by atoms with Crippen LogP contribution in [0.5, 0.6) is 0 Å². The van der Waals surface area contributed by atoms with Gasteiger partial charge in [0.1, 0.15) is 0 Å². The Kier molecular flexibility index (Phi) is 6.15. The van der Waals surface area contributed by atoms with Crippen LogP contribution in [0.2, 0.25) is 5.02 Å². The number of nitrogens with one attached hydrogen (secondary N) is 1. The van der Waals surface area contributed by atoms with E-state index in [1.807, 2.05) is 54.6 Å². The van der Waals surface area contributed by atoms with Crippen LogP contribution in [0, 0.1) is 0 Å². The summed E-state index contributed by atoms with van der Waals surface area (Å²) < 4.78 is 0.942. The molecule has 8 heteroatoms. The van der Waals surface area contributed by atoms with Gasteiger partial charge in [-0.3, -0.25) is 10.2 Å². The van der Waals surface area contributed by atoms with Crippen LogP contribution in [0.1, 0.15) is 15.9 Å². The Labute approximate surface area is 191 Å². The van der Waals surface area contributed by atoms with Gasteiger partial charge in [0.2, 0.25) is 0 Å². The molecular formula is C22H17BrClN3O2S. The van der Waals surface area contributed by atoms with Crippen molar-refractivity contribution in [2.45, 2.75) is 5.72 Å². The Morgan fingerprint density at radius 3 is 2.53 bits per heavy atom. The number of rotatable bonds is 4. The number of aliphatic imine (C=N–C) groups is 1. The standard InChI is InChI=1S/C22H17BrClN3O2S/c23-17-9-11-19(12-10-17)25-21-27(26-20(28)15-5-4-8-18(24)13-15)22(29,14-30-21)16-6-2-1-3-7-16/h1-13,29H,14H2,(H,26,28)/t22-/m1/s1. The lowest BCUT2D eigenvalue weighted by Crippen LogP contribution is -2.54. The van der Waals surface area contributed by atoms with E-state index in [4.69, 9.17) is 11.6 Å². The van der Waals surface area contributed by atoms with E-state index in [1.165, 1.54) is 16.8 Å². The number of hydrogen-bond acceptors (Lipinski definition) is 4. The Morgan fingerprint density at radius 2 is 1.83 bits per heavy atom. The predicted octanol–water partition coefficient (Wildman–Crippen LogP) is 5.33. The molecule has 1 heterocycles. The van der Waals surface area contributed by atoms with Crippen molar-refractivity contribution < 1.29 is 9.90 Å². The number of amidine groups is 1. The lowest BCUT2D eigenvalue weighted by molar-refractivity contribution is -0.0676. The smallest absolute Gasteiger partial charge is 0.270 e. The minimum absolute atomic E-state index is 0.308. The predicted molar refractivity (Wildman–Crippen MR) is 125 cm³/mol. The summed E-state index contributed by atoms with van der Waals surface area (Å²) in [5, 5.41) is 13.9. The number of carbonyl (C=O) groups is 1. The molecule has 152 valence electrons. The second-order valence-corrected chi connectivity index (χ2v) is 8.92. The van der Waals surface area contributed by atoms with Gasteiger partial charge in [0.05, 0.1) is 11.4 Å². The van der Waals surface area contributed by atoms with Crippen molar-refractivity contribution >= 4 is 56.1 Å². The minimum atomic E-state index is -1.45. The Hall–Kier alpha value is -2.32. The van der Waals surface area contributed by atoms with Gasteiger partial charge in [0.15, 0.2) is 10.9 Å². The first-order chi connectivity index (χ1) is 14.5. The van der Waals surface area contributed by atoms with Crippen molar-refractivity contribution in [3.63, 3.8) is 0 Å². The molecule has 0 aromatic heterocycles. The molecule has 1 aliphatic heterocycles. The fourth-order valence-corrected chi connectivity index (χ4v) is 4.59. The molecule has 1 atom stereocenters. The molecule has 0 aliphatic carbocycles. The maximum atomic E-state index is 12.9. The van der Waals surface area contributed by atoms with Crippen LogP contribution in [0.25, 0.3) is 0 Å². The molecule has 0 unspecified atom stereocenters. The zero-order valence-electron chi connectivity index (χ0n) is 15.6. The lowest BCUT2D eigenvalue weighted by atomic mass is 10.0. The lowest BCUT2D eigenvalue weighted by Gasteiger charge is -2.34. The second-order valence-electron chi connectivity index (χ2n) is 6.63. The summed E-state index contributed by atoms with van der Waals surface area (Å²) in [6.45, 7) is 0. The van der Waals surface area contributed by atoms with Crippen LogP contribution in [-0.2, 0) is 5.72 Å². The number of thioether (sulfide) groups is 1. The summed E-state index contributed by atoms with van der Waals surface area (Å²) in [5.74, 6) is -0.0831. The van der Waals surface area contributed by atoms with E-state index in [-0.39, 0.29) is 0 Å². The maximum absolute atomic E-state index is 12.9. The third-order valence-corrected chi connectivity index (χ3v) is 6.39. The number of hydrogen-bond donors (Lipinski definition) is 2. The first kappa shape index (κ1) is 20.9. The molecule has 1 saturated heterocycles. The van der Waals surface area contributed by atoms with Crippen LogP contribution in [0.4, 0.5) is 5.69 Å². The van der Waals surface area contributed by atoms with Gasteiger partial charge in [-0.05, 0) is 42.5 Å². The minimum Gasteiger partial charge on any atom is -0.365 e. The molecule has 0 saturated carbocycles. The highest BCUT2D eigenvalue weighted by atomic mass is 79.9. The zero-order chi connectivity index (χ0) is 21.1. The summed E-state index contributed by atoms with van der Waals surface area (Å²) in [6, 6.07) is 23.3. The van der Waals surface area contributed by atoms with Gasteiger partial charge in [0.25, 0.3) is 5.91 Å². The van der Waals surface area contributed by atoms with Gasteiger partial charge in [-0.25, -0.2) is 10.0 Å². The van der Waals surface area contributed by atoms with E-state index in [1.54, 1.807) is 24.3 Å². The molecule has 0 spiro atoms. The summed E-state index contributed by atoms with van der Waals surface area (Å²) >= 11 is 10.8. The van der Waals surface area contributed by atoms with Crippen LogP contribution < -0.4 is 5.43 Å². The van der Waals surface area contributed by atoms with Gasteiger partial charge >= 0.3 is 0 Å². The molecule has 1 aliphatic rings. The average molecular weight is 503 g/mol. The molecule has 2 N–H and O–H groups in total. The fraction of sp³-hybridized carbons (Fsp3) is 0.0909. The molecule has 1 amide bonds. The van der Waals surface area contributed by atoms with Gasteiger partial charge in [0, 0.05) is 20.6 Å². The van der Waals surface area contributed by atoms with E-state index in [9.17, 15) is 9.90 Å². The van der Waals surface area contributed by atoms with E-state index in [0.29, 0.717) is 32.8 Å². The third kappa shape index (κ3) is 4.39. The number of aliphatic hydroxyl groups is 1. The van der Waals surface area contributed by atoms with Crippen molar-refractivity contribution in [3.05, 3.63) is 99.5 Å². The number of nitrogens with zero attached hydrogens (tertiary/aromatic N) is 2. The molecule has 4 rings (SSSR count). The first-order valence-electron chi connectivity index (χ1n) is 9.07. The molecule has 3 aromatic carbocycles. The van der Waals surface area contributed by atoms with Gasteiger partial charge < -0.3 is 5.11 Å². The van der Waals surface area contributed by atoms with Crippen LogP contribution >= 0.6 is 39.3 Å². The molecule has 1 fully saturated rings. The Morgan fingerprint density at radius 1 is 1.10 bits per heavy atom. The number of carbonyl (C=O) groups excluding carboxylic acids is 1. The highest BCUT2D eigenvalue weighted by Crippen LogP contribution is 2.38. The first-order valence-corrected chi connectivity index (χ1v) is 11.2. The Bertz CT molecular complexity index is 1100. The summed E-state index contributed by atoms with van der Waals surface area (Å²) in [7, 11) is 0. The quantitative estimate of drug-likeness (QED) is 0.506. The molecule has 3 aromatic rings. The van der Waals surface area contributed by atoms with Crippen molar-refractivity contribution in [2.75, 3.05) is 5.75 Å². The highest BCUT2D eigenvalue weighted by Gasteiger charge is 2.46. The highest BCUT2D eigenvalue weighted by molar-refractivity contribution is 9.10. The maximum Gasteiger partial charge on any atom is 0.270 e. The SMILES string of the molecule is O=C(NN1C(=Nc2ccc(Br)cc2)SC[C@@]1(O)c1ccccc1)c1cccc(Cl)c1. The average Bonchev–Trinajstić information content (AvgIpc) is 3.07. The monoisotopic (exact) mass is 501 g/mol. The van der Waals surface area contributed by atoms with Crippen molar-refractivity contribution in [1.82, 2.24) is 10.4 Å². The molecule has 0 radical (unpaired) electrons. The van der Waals surface area contributed by atoms with Crippen LogP contribution in [0.15, 0.2) is 88.3 Å². The molecular weight excluding hydrogens is 486 g/mol. The molecule has 5 nitrogen and oxygen atoms in total. The largest absolute Gasteiger partial charge is 0.365 e. The zero-order valence-corrected chi connectivity index (χ0v) is 18.8.